The minimum Gasteiger partial charge on any atom is -0.409 e. The summed E-state index contributed by atoms with van der Waals surface area (Å²) < 4.78 is 6.77. The Labute approximate surface area is 111 Å². The molecular weight excluding hydrogens is 250 g/mol. The number of anilines is 1. The van der Waals surface area contributed by atoms with Crippen LogP contribution < -0.4 is 11.1 Å². The van der Waals surface area contributed by atoms with Gasteiger partial charge in [0.05, 0.1) is 17.4 Å². The van der Waals surface area contributed by atoms with Gasteiger partial charge in [0.2, 0.25) is 0 Å². The zero-order valence-electron chi connectivity index (χ0n) is 11.5. The fraction of sp³-hybridized carbons (Fsp3) is 0.545. The van der Waals surface area contributed by atoms with E-state index >= 15 is 0 Å². The first kappa shape index (κ1) is 15.0. The molecule has 0 aliphatic carbocycles. The van der Waals surface area contributed by atoms with E-state index in [-0.39, 0.29) is 18.3 Å². The lowest BCUT2D eigenvalue weighted by Crippen LogP contribution is -2.28. The minimum atomic E-state index is -0.405. The summed E-state index contributed by atoms with van der Waals surface area (Å²) in [7, 11) is 1.63. The highest BCUT2D eigenvalue weighted by molar-refractivity contribution is 6.04. The van der Waals surface area contributed by atoms with E-state index < -0.39 is 5.60 Å². The average molecular weight is 269 g/mol. The Morgan fingerprint density at radius 3 is 2.79 bits per heavy atom. The summed E-state index contributed by atoms with van der Waals surface area (Å²) in [6, 6.07) is 0. The van der Waals surface area contributed by atoms with Crippen molar-refractivity contribution in [1.82, 2.24) is 9.78 Å². The molecule has 1 heterocycles. The second kappa shape index (κ2) is 5.70. The van der Waals surface area contributed by atoms with E-state index in [2.05, 4.69) is 15.6 Å². The third-order valence-electron chi connectivity index (χ3n) is 2.22. The van der Waals surface area contributed by atoms with Crippen LogP contribution >= 0.6 is 0 Å². The maximum Gasteiger partial charge on any atom is 0.251 e. The molecule has 0 radical (unpaired) electrons. The standard InChI is InChI=1S/C11H19N5O3/c1-11(2,3)19-6-8(17)14-10-7(9(12)15-18)5-13-16(10)4/h5,18H,6H2,1-4H3,(H2,12,15)(H,14,17). The summed E-state index contributed by atoms with van der Waals surface area (Å²) in [6.07, 6.45) is 1.40. The van der Waals surface area contributed by atoms with Crippen molar-refractivity contribution in [3.8, 4) is 0 Å². The van der Waals surface area contributed by atoms with Crippen molar-refractivity contribution in [3.05, 3.63) is 11.8 Å². The van der Waals surface area contributed by atoms with Gasteiger partial charge in [-0.1, -0.05) is 5.16 Å². The summed E-state index contributed by atoms with van der Waals surface area (Å²) in [5.74, 6) is -0.122. The van der Waals surface area contributed by atoms with Crippen LogP contribution in [-0.4, -0.2) is 38.9 Å². The number of nitrogens with zero attached hydrogens (tertiary/aromatic N) is 3. The highest BCUT2D eigenvalue weighted by Crippen LogP contribution is 2.14. The van der Waals surface area contributed by atoms with Gasteiger partial charge in [-0.05, 0) is 20.8 Å². The molecule has 19 heavy (non-hydrogen) atoms. The maximum atomic E-state index is 11.8. The number of amidine groups is 1. The van der Waals surface area contributed by atoms with Crippen molar-refractivity contribution in [2.45, 2.75) is 26.4 Å². The molecule has 0 bridgehead atoms. The van der Waals surface area contributed by atoms with Crippen LogP contribution in [0.15, 0.2) is 11.4 Å². The van der Waals surface area contributed by atoms with Crippen molar-refractivity contribution in [3.63, 3.8) is 0 Å². The topological polar surface area (TPSA) is 115 Å². The molecule has 0 saturated heterocycles. The van der Waals surface area contributed by atoms with Gasteiger partial charge in [-0.3, -0.25) is 9.48 Å². The summed E-state index contributed by atoms with van der Waals surface area (Å²) >= 11 is 0. The van der Waals surface area contributed by atoms with Gasteiger partial charge in [-0.15, -0.1) is 0 Å². The molecule has 0 unspecified atom stereocenters. The number of carbonyl (C=O) groups is 1. The van der Waals surface area contributed by atoms with Gasteiger partial charge >= 0.3 is 0 Å². The fourth-order valence-corrected chi connectivity index (χ4v) is 1.28. The summed E-state index contributed by atoms with van der Waals surface area (Å²) in [4.78, 5) is 11.8. The Hall–Kier alpha value is -2.09. The Morgan fingerprint density at radius 1 is 1.63 bits per heavy atom. The molecule has 1 aromatic heterocycles. The van der Waals surface area contributed by atoms with Gasteiger partial charge in [0.25, 0.3) is 5.91 Å². The Balaban J connectivity index is 2.77. The van der Waals surface area contributed by atoms with Gasteiger partial charge in [0.1, 0.15) is 12.4 Å². The van der Waals surface area contributed by atoms with Crippen molar-refractivity contribution >= 4 is 17.6 Å². The van der Waals surface area contributed by atoms with E-state index in [1.54, 1.807) is 7.05 Å². The minimum absolute atomic E-state index is 0.0930. The van der Waals surface area contributed by atoms with E-state index in [0.717, 1.165) is 0 Å². The lowest BCUT2D eigenvalue weighted by Gasteiger charge is -2.19. The van der Waals surface area contributed by atoms with Crippen molar-refractivity contribution < 1.29 is 14.7 Å². The molecule has 0 saturated carbocycles. The zero-order chi connectivity index (χ0) is 14.6. The Bertz CT molecular complexity index is 487. The average Bonchev–Trinajstić information content (AvgIpc) is 2.67. The van der Waals surface area contributed by atoms with Crippen LogP contribution in [0.25, 0.3) is 0 Å². The normalized spacial score (nSPS) is 12.5. The second-order valence-corrected chi connectivity index (χ2v) is 4.96. The van der Waals surface area contributed by atoms with Crippen LogP contribution in [0.1, 0.15) is 26.3 Å². The molecule has 1 rings (SSSR count). The highest BCUT2D eigenvalue weighted by Gasteiger charge is 2.17. The molecule has 8 heteroatoms. The number of hydrogen-bond donors (Lipinski definition) is 3. The van der Waals surface area contributed by atoms with E-state index in [4.69, 9.17) is 15.7 Å². The van der Waals surface area contributed by atoms with Crippen molar-refractivity contribution in [2.75, 3.05) is 11.9 Å². The summed E-state index contributed by atoms with van der Waals surface area (Å²) in [5.41, 5.74) is 5.43. The number of nitrogens with two attached hydrogens (primary N) is 1. The third-order valence-corrected chi connectivity index (χ3v) is 2.22. The highest BCUT2D eigenvalue weighted by atomic mass is 16.5. The van der Waals surface area contributed by atoms with Crippen LogP contribution in [0.5, 0.6) is 0 Å². The van der Waals surface area contributed by atoms with Gasteiger partial charge in [-0.25, -0.2) is 0 Å². The van der Waals surface area contributed by atoms with Gasteiger partial charge in [-0.2, -0.15) is 5.10 Å². The van der Waals surface area contributed by atoms with E-state index in [0.29, 0.717) is 11.4 Å². The SMILES string of the molecule is Cn1ncc(C(N)=NO)c1NC(=O)COC(C)(C)C. The molecule has 0 atom stereocenters. The fourth-order valence-electron chi connectivity index (χ4n) is 1.28. The van der Waals surface area contributed by atoms with Crippen LogP contribution in [0.4, 0.5) is 5.82 Å². The first-order chi connectivity index (χ1) is 8.74. The van der Waals surface area contributed by atoms with E-state index in [1.165, 1.54) is 10.9 Å². The number of aromatic nitrogens is 2. The van der Waals surface area contributed by atoms with Gasteiger partial charge < -0.3 is 21.0 Å². The molecule has 1 amide bonds. The predicted molar refractivity (Wildman–Crippen MR) is 70.1 cm³/mol. The molecule has 0 aromatic carbocycles. The monoisotopic (exact) mass is 269 g/mol. The number of hydrogen-bond acceptors (Lipinski definition) is 5. The Kier molecular flexibility index (Phi) is 4.49. The Morgan fingerprint density at radius 2 is 2.26 bits per heavy atom. The van der Waals surface area contributed by atoms with E-state index in [9.17, 15) is 4.79 Å². The van der Waals surface area contributed by atoms with Crippen LogP contribution in [0, 0.1) is 0 Å². The smallest absolute Gasteiger partial charge is 0.251 e. The first-order valence-corrected chi connectivity index (χ1v) is 5.68. The molecular formula is C11H19N5O3. The summed E-state index contributed by atoms with van der Waals surface area (Å²) in [5, 5.41) is 18.1. The first-order valence-electron chi connectivity index (χ1n) is 5.68. The molecule has 106 valence electrons. The number of nitrogens with one attached hydrogen (secondary N) is 1. The molecule has 4 N–H and O–H groups in total. The lowest BCUT2D eigenvalue weighted by molar-refractivity contribution is -0.125. The molecule has 8 nitrogen and oxygen atoms in total. The van der Waals surface area contributed by atoms with Gasteiger partial charge in [0, 0.05) is 7.05 Å². The number of aryl methyl sites for hydroxylation is 1. The van der Waals surface area contributed by atoms with Crippen LogP contribution in [0.2, 0.25) is 0 Å². The van der Waals surface area contributed by atoms with Crippen LogP contribution in [-0.2, 0) is 16.6 Å². The maximum absolute atomic E-state index is 11.8. The molecule has 1 aromatic rings. The van der Waals surface area contributed by atoms with Crippen molar-refractivity contribution in [2.24, 2.45) is 17.9 Å². The summed E-state index contributed by atoms with van der Waals surface area (Å²) in [6.45, 7) is 5.47. The molecule has 0 spiro atoms. The molecule has 0 aliphatic heterocycles. The number of ether oxygens (including phenoxy) is 1. The molecule has 0 aliphatic rings. The number of carbonyl (C=O) groups excluding carboxylic acids is 1. The van der Waals surface area contributed by atoms with Crippen LogP contribution in [0.3, 0.4) is 0 Å². The third kappa shape index (κ3) is 4.25. The van der Waals surface area contributed by atoms with Crippen molar-refractivity contribution in [1.29, 1.82) is 0 Å². The van der Waals surface area contributed by atoms with Gasteiger partial charge in [0.15, 0.2) is 5.84 Å². The number of rotatable bonds is 4. The zero-order valence-corrected chi connectivity index (χ0v) is 11.5. The van der Waals surface area contributed by atoms with E-state index in [1.807, 2.05) is 20.8 Å². The quantitative estimate of drug-likeness (QED) is 0.314. The number of oxime groups is 1. The lowest BCUT2D eigenvalue weighted by atomic mass is 10.2. The predicted octanol–water partition coefficient (Wildman–Crippen LogP) is 0.268. The number of amides is 1. The second-order valence-electron chi connectivity index (χ2n) is 4.96. The largest absolute Gasteiger partial charge is 0.409 e. The molecule has 0 fully saturated rings.